The van der Waals surface area contributed by atoms with Gasteiger partial charge in [-0.2, -0.15) is 0 Å². The van der Waals surface area contributed by atoms with Crippen molar-refractivity contribution < 1.29 is 9.00 Å². The summed E-state index contributed by atoms with van der Waals surface area (Å²) >= 11 is 0.169. The molecule has 0 saturated heterocycles. The molecule has 0 aliphatic heterocycles. The summed E-state index contributed by atoms with van der Waals surface area (Å²) in [4.78, 5) is 10.9. The maximum absolute atomic E-state index is 10.9. The van der Waals surface area contributed by atoms with E-state index in [1.54, 1.807) is 6.08 Å². The average molecular weight is 296 g/mol. The quantitative estimate of drug-likeness (QED) is 0.638. The molecule has 0 heterocycles. The predicted octanol–water partition coefficient (Wildman–Crippen LogP) is 3.61. The molecule has 0 radical (unpaired) electrons. The lowest BCUT2D eigenvalue weighted by Crippen LogP contribution is -1.91. The number of carbonyl (C=O) groups is 1. The van der Waals surface area contributed by atoms with Crippen LogP contribution in [0.15, 0.2) is 73.3 Å². The highest BCUT2D eigenvalue weighted by atomic mass is 32.1. The Bertz CT molecular complexity index is 639. The van der Waals surface area contributed by atoms with Crippen LogP contribution >= 0.6 is 0 Å². The Morgan fingerprint density at radius 2 is 1.43 bits per heavy atom. The van der Waals surface area contributed by atoms with Crippen molar-refractivity contribution in [1.82, 2.24) is 0 Å². The van der Waals surface area contributed by atoms with Crippen LogP contribution in [-0.4, -0.2) is 15.4 Å². The van der Waals surface area contributed by atoms with E-state index in [-0.39, 0.29) is 17.0 Å². The number of allylic oxidation sites excluding steroid dienone is 1. The lowest BCUT2D eigenvalue weighted by Gasteiger charge is -1.88. The molecule has 2 aromatic carbocycles. The molecule has 0 aromatic heterocycles. The van der Waals surface area contributed by atoms with E-state index in [1.165, 1.54) is 11.6 Å². The van der Waals surface area contributed by atoms with E-state index in [9.17, 15) is 9.00 Å². The number of ketones is 1. The summed E-state index contributed by atoms with van der Waals surface area (Å²) in [7, 11) is 0. The van der Waals surface area contributed by atoms with Gasteiger partial charge in [-0.05, 0) is 17.2 Å². The van der Waals surface area contributed by atoms with Crippen molar-refractivity contribution in [3.63, 3.8) is 0 Å². The minimum absolute atomic E-state index is 0.169. The minimum Gasteiger partial charge on any atom is -0.289 e. The molecule has 0 unspecified atom stereocenters. The summed E-state index contributed by atoms with van der Waals surface area (Å²) < 4.78 is 9.96. The van der Waals surface area contributed by atoms with E-state index in [2.05, 4.69) is 6.58 Å². The third-order valence-electron chi connectivity index (χ3n) is 2.44. The first kappa shape index (κ1) is 16.5. The second-order valence-electron chi connectivity index (χ2n) is 3.98. The van der Waals surface area contributed by atoms with E-state index in [4.69, 9.17) is 0 Å². The van der Waals surface area contributed by atoms with Crippen LogP contribution in [0.1, 0.15) is 11.1 Å². The zero-order valence-corrected chi connectivity index (χ0v) is 12.3. The Labute approximate surface area is 128 Å². The molecule has 21 heavy (non-hydrogen) atoms. The van der Waals surface area contributed by atoms with Gasteiger partial charge in [0.05, 0.1) is 16.6 Å². The monoisotopic (exact) mass is 296 g/mol. The van der Waals surface area contributed by atoms with Crippen molar-refractivity contribution in [3.05, 3.63) is 84.4 Å². The molecule has 0 N–H and O–H groups in total. The van der Waals surface area contributed by atoms with Gasteiger partial charge in [0.2, 0.25) is 0 Å². The fourth-order valence-electron chi connectivity index (χ4n) is 1.42. The van der Waals surface area contributed by atoms with E-state index < -0.39 is 0 Å². The molecule has 0 spiro atoms. The summed E-state index contributed by atoms with van der Waals surface area (Å²) in [6.45, 7) is 3.63. The molecule has 0 aliphatic rings. The number of carbonyl (C=O) groups excluding carboxylic acids is 1. The summed E-state index contributed by atoms with van der Waals surface area (Å²) in [5.41, 5.74) is 2.12. The first-order valence-electron chi connectivity index (χ1n) is 6.32. The Morgan fingerprint density at radius 1 is 0.905 bits per heavy atom. The van der Waals surface area contributed by atoms with Crippen LogP contribution in [0, 0.1) is 0 Å². The molecule has 0 fully saturated rings. The molecule has 0 atom stereocenters. The Kier molecular flexibility index (Phi) is 8.10. The van der Waals surface area contributed by atoms with Crippen molar-refractivity contribution in [2.75, 3.05) is 0 Å². The highest BCUT2D eigenvalue weighted by Crippen LogP contribution is 2.00. The number of benzene rings is 2. The normalized spacial score (nSPS) is 9.33. The molecule has 2 aromatic rings. The van der Waals surface area contributed by atoms with Crippen LogP contribution in [0.3, 0.4) is 0 Å². The molecule has 0 bridgehead atoms. The zero-order chi connectivity index (χ0) is 15.3. The lowest BCUT2D eigenvalue weighted by molar-refractivity contribution is -0.108. The third kappa shape index (κ3) is 7.60. The molecular weight excluding hydrogens is 280 g/mol. The average Bonchev–Trinajstić information content (AvgIpc) is 2.55. The van der Waals surface area contributed by atoms with Crippen molar-refractivity contribution in [2.24, 2.45) is 0 Å². The van der Waals surface area contributed by atoms with Gasteiger partial charge in [0.1, 0.15) is 0 Å². The molecule has 3 heteroatoms. The number of hydrogen-bond acceptors (Lipinski definition) is 2. The van der Waals surface area contributed by atoms with Gasteiger partial charge in [-0.3, -0.25) is 4.79 Å². The molecular formula is C18H16O2S. The second-order valence-corrected chi connectivity index (χ2v) is 4.40. The van der Waals surface area contributed by atoms with Crippen LogP contribution in [0.4, 0.5) is 0 Å². The van der Waals surface area contributed by atoms with Gasteiger partial charge in [0, 0.05) is 0 Å². The topological polar surface area (TPSA) is 34.1 Å². The minimum atomic E-state index is -0.274. The number of rotatable bonds is 4. The largest absolute Gasteiger partial charge is 0.289 e. The van der Waals surface area contributed by atoms with Gasteiger partial charge in [0.25, 0.3) is 0 Å². The standard InChI is InChI=1S/C10H8O2S.C8H8/c11-10(8-13-12)7-6-9-4-2-1-3-5-9;1-2-8-6-4-3-5-7-8/h1-8H;2-7H,1H2. The van der Waals surface area contributed by atoms with Crippen molar-refractivity contribution in [2.45, 2.75) is 0 Å². The Hall–Kier alpha value is -2.52. The Morgan fingerprint density at radius 3 is 1.86 bits per heavy atom. The smallest absolute Gasteiger partial charge is 0.191 e. The number of hydrogen-bond donors (Lipinski definition) is 0. The first-order valence-corrected chi connectivity index (χ1v) is 7.13. The van der Waals surface area contributed by atoms with Crippen LogP contribution in [0.2, 0.25) is 0 Å². The van der Waals surface area contributed by atoms with E-state index in [1.807, 2.05) is 66.7 Å². The molecule has 0 aliphatic carbocycles. The summed E-state index contributed by atoms with van der Waals surface area (Å²) in [6, 6.07) is 19.5. The first-order chi connectivity index (χ1) is 10.3. The van der Waals surface area contributed by atoms with Crippen LogP contribution in [-0.2, 0) is 16.1 Å². The van der Waals surface area contributed by atoms with Gasteiger partial charge in [-0.25, -0.2) is 4.21 Å². The van der Waals surface area contributed by atoms with Gasteiger partial charge >= 0.3 is 0 Å². The highest BCUT2D eigenvalue weighted by molar-refractivity contribution is 7.66. The van der Waals surface area contributed by atoms with E-state index >= 15 is 0 Å². The fraction of sp³-hybridized carbons (Fsp3) is 0. The summed E-state index contributed by atoms with van der Waals surface area (Å²) in [5, 5.41) is 1.03. The Balaban J connectivity index is 0.000000235. The van der Waals surface area contributed by atoms with E-state index in [0.29, 0.717) is 0 Å². The van der Waals surface area contributed by atoms with Crippen LogP contribution < -0.4 is 0 Å². The predicted molar refractivity (Wildman–Crippen MR) is 91.2 cm³/mol. The SMILES string of the molecule is C=Cc1ccccc1.O=S=CC(=O)C=Cc1ccccc1. The highest BCUT2D eigenvalue weighted by Gasteiger charge is 1.88. The van der Waals surface area contributed by atoms with Crippen LogP contribution in [0.25, 0.3) is 12.2 Å². The van der Waals surface area contributed by atoms with Crippen LogP contribution in [0.5, 0.6) is 0 Å². The van der Waals surface area contributed by atoms with Gasteiger partial charge in [-0.1, -0.05) is 79.4 Å². The fourth-order valence-corrected chi connectivity index (χ4v) is 1.59. The van der Waals surface area contributed by atoms with Crippen molar-refractivity contribution in [1.29, 1.82) is 0 Å². The van der Waals surface area contributed by atoms with Gasteiger partial charge in [0.15, 0.2) is 5.78 Å². The zero-order valence-electron chi connectivity index (χ0n) is 11.5. The lowest BCUT2D eigenvalue weighted by atomic mass is 10.2. The van der Waals surface area contributed by atoms with Crippen molar-refractivity contribution in [3.8, 4) is 0 Å². The molecule has 2 nitrogen and oxygen atoms in total. The maximum atomic E-state index is 10.9. The van der Waals surface area contributed by atoms with E-state index in [0.717, 1.165) is 10.9 Å². The van der Waals surface area contributed by atoms with Gasteiger partial charge < -0.3 is 0 Å². The van der Waals surface area contributed by atoms with Crippen molar-refractivity contribution >= 4 is 34.6 Å². The molecule has 106 valence electrons. The molecule has 2 rings (SSSR count). The third-order valence-corrected chi connectivity index (χ3v) is 2.77. The molecule has 0 saturated carbocycles. The summed E-state index contributed by atoms with van der Waals surface area (Å²) in [5.74, 6) is -0.274. The van der Waals surface area contributed by atoms with Gasteiger partial charge in [-0.15, -0.1) is 0 Å². The summed E-state index contributed by atoms with van der Waals surface area (Å²) in [6.07, 6.45) is 4.88. The maximum Gasteiger partial charge on any atom is 0.191 e. The second kappa shape index (κ2) is 10.3. The molecule has 0 amide bonds.